The van der Waals surface area contributed by atoms with Crippen LogP contribution >= 0.6 is 0 Å². The number of hydrogen-bond donors (Lipinski definition) is 2. The van der Waals surface area contributed by atoms with Gasteiger partial charge in [0.05, 0.1) is 0 Å². The third kappa shape index (κ3) is 5.36. The van der Waals surface area contributed by atoms with Crippen LogP contribution in [0.4, 0.5) is 0 Å². The van der Waals surface area contributed by atoms with Gasteiger partial charge in [0.15, 0.2) is 0 Å². The van der Waals surface area contributed by atoms with Gasteiger partial charge in [0.1, 0.15) is 0 Å². The third-order valence-corrected chi connectivity index (χ3v) is 4.06. The molecule has 3 heteroatoms. The highest BCUT2D eigenvalue weighted by Gasteiger charge is 2.24. The molecule has 2 N–H and O–H groups in total. The second kappa shape index (κ2) is 8.06. The Morgan fingerprint density at radius 3 is 2.71 bits per heavy atom. The van der Waals surface area contributed by atoms with Gasteiger partial charge in [-0.3, -0.25) is 0 Å². The van der Waals surface area contributed by atoms with E-state index in [4.69, 9.17) is 5.11 Å². The Hall–Kier alpha value is -0.120. The van der Waals surface area contributed by atoms with E-state index in [1.54, 1.807) is 0 Å². The van der Waals surface area contributed by atoms with Crippen LogP contribution in [-0.4, -0.2) is 48.8 Å². The topological polar surface area (TPSA) is 35.5 Å². The minimum absolute atomic E-state index is 0.293. The van der Waals surface area contributed by atoms with Crippen molar-refractivity contribution < 1.29 is 5.11 Å². The summed E-state index contributed by atoms with van der Waals surface area (Å²) in [6.07, 6.45) is 3.36. The number of aliphatic hydroxyl groups excluding tert-OH is 1. The maximum atomic E-state index is 9.10. The van der Waals surface area contributed by atoms with Gasteiger partial charge in [-0.25, -0.2) is 0 Å². The van der Waals surface area contributed by atoms with Crippen molar-refractivity contribution in [2.24, 2.45) is 11.8 Å². The van der Waals surface area contributed by atoms with E-state index in [1.165, 1.54) is 19.5 Å². The minimum Gasteiger partial charge on any atom is -0.396 e. The van der Waals surface area contributed by atoms with E-state index in [9.17, 15) is 0 Å². The summed E-state index contributed by atoms with van der Waals surface area (Å²) in [5, 5.41) is 12.6. The standard InChI is InChI=1S/C14H30N2O/c1-4-7-15-14(6-9-17)11-16-8-5-12(2)13(3)10-16/h12-15,17H,4-11H2,1-3H3. The van der Waals surface area contributed by atoms with Gasteiger partial charge < -0.3 is 15.3 Å². The molecule has 1 heterocycles. The molecule has 1 saturated heterocycles. The molecule has 0 aliphatic carbocycles. The molecule has 0 radical (unpaired) electrons. The molecule has 0 amide bonds. The first kappa shape index (κ1) is 14.9. The van der Waals surface area contributed by atoms with Crippen LogP contribution in [0.5, 0.6) is 0 Å². The average Bonchev–Trinajstić information content (AvgIpc) is 2.31. The highest BCUT2D eigenvalue weighted by Crippen LogP contribution is 2.22. The van der Waals surface area contributed by atoms with Crippen LogP contribution < -0.4 is 5.32 Å². The van der Waals surface area contributed by atoms with Gasteiger partial charge in [0.2, 0.25) is 0 Å². The highest BCUT2D eigenvalue weighted by atomic mass is 16.3. The van der Waals surface area contributed by atoms with E-state index in [0.29, 0.717) is 12.6 Å². The van der Waals surface area contributed by atoms with Gasteiger partial charge in [-0.1, -0.05) is 20.8 Å². The van der Waals surface area contributed by atoms with Gasteiger partial charge in [-0.2, -0.15) is 0 Å². The molecule has 3 nitrogen and oxygen atoms in total. The summed E-state index contributed by atoms with van der Waals surface area (Å²) in [7, 11) is 0. The fraction of sp³-hybridized carbons (Fsp3) is 1.00. The van der Waals surface area contributed by atoms with Crippen molar-refractivity contribution in [3.05, 3.63) is 0 Å². The number of nitrogens with zero attached hydrogens (tertiary/aromatic N) is 1. The third-order valence-electron chi connectivity index (χ3n) is 4.06. The number of rotatable bonds is 7. The average molecular weight is 242 g/mol. The Kier molecular flexibility index (Phi) is 7.09. The van der Waals surface area contributed by atoms with Crippen LogP contribution in [0.15, 0.2) is 0 Å². The van der Waals surface area contributed by atoms with Gasteiger partial charge in [-0.15, -0.1) is 0 Å². The molecule has 3 atom stereocenters. The lowest BCUT2D eigenvalue weighted by Gasteiger charge is -2.37. The molecule has 3 unspecified atom stereocenters. The molecule has 17 heavy (non-hydrogen) atoms. The minimum atomic E-state index is 0.293. The second-order valence-electron chi connectivity index (χ2n) is 5.67. The van der Waals surface area contributed by atoms with Crippen LogP contribution in [0.3, 0.4) is 0 Å². The van der Waals surface area contributed by atoms with E-state index >= 15 is 0 Å². The normalized spacial score (nSPS) is 28.2. The van der Waals surface area contributed by atoms with E-state index in [-0.39, 0.29) is 0 Å². The predicted molar refractivity (Wildman–Crippen MR) is 73.2 cm³/mol. The van der Waals surface area contributed by atoms with Crippen LogP contribution in [0.2, 0.25) is 0 Å². The summed E-state index contributed by atoms with van der Waals surface area (Å²) < 4.78 is 0. The Labute approximate surface area is 107 Å². The maximum Gasteiger partial charge on any atom is 0.0446 e. The smallest absolute Gasteiger partial charge is 0.0446 e. The first-order valence-corrected chi connectivity index (χ1v) is 7.24. The number of hydrogen-bond acceptors (Lipinski definition) is 3. The van der Waals surface area contributed by atoms with Crippen molar-refractivity contribution in [1.29, 1.82) is 0 Å². The molecular weight excluding hydrogens is 212 g/mol. The van der Waals surface area contributed by atoms with E-state index in [2.05, 4.69) is 31.0 Å². The Bertz CT molecular complexity index is 197. The molecular formula is C14H30N2O. The summed E-state index contributed by atoms with van der Waals surface area (Å²) in [5.41, 5.74) is 0. The Balaban J connectivity index is 2.33. The molecule has 0 aromatic heterocycles. The van der Waals surface area contributed by atoms with E-state index < -0.39 is 0 Å². The number of aliphatic hydroxyl groups is 1. The summed E-state index contributed by atoms with van der Waals surface area (Å²) in [6.45, 7) is 11.8. The van der Waals surface area contributed by atoms with Gasteiger partial charge in [0, 0.05) is 25.7 Å². The lowest BCUT2D eigenvalue weighted by Crippen LogP contribution is -2.46. The molecule has 0 aromatic carbocycles. The zero-order valence-electron chi connectivity index (χ0n) is 11.8. The van der Waals surface area contributed by atoms with Crippen molar-refractivity contribution in [1.82, 2.24) is 10.2 Å². The molecule has 102 valence electrons. The molecule has 1 rings (SSSR count). The van der Waals surface area contributed by atoms with Gasteiger partial charge in [-0.05, 0) is 44.2 Å². The quantitative estimate of drug-likeness (QED) is 0.713. The Morgan fingerprint density at radius 2 is 2.12 bits per heavy atom. The molecule has 0 bridgehead atoms. The molecule has 1 aliphatic rings. The fourth-order valence-electron chi connectivity index (χ4n) is 2.59. The summed E-state index contributed by atoms with van der Waals surface area (Å²) in [5.74, 6) is 1.68. The largest absolute Gasteiger partial charge is 0.396 e. The number of nitrogens with one attached hydrogen (secondary N) is 1. The predicted octanol–water partition coefficient (Wildman–Crippen LogP) is 1.71. The van der Waals surface area contributed by atoms with Crippen molar-refractivity contribution in [2.45, 2.75) is 46.1 Å². The zero-order chi connectivity index (χ0) is 12.7. The molecule has 0 spiro atoms. The monoisotopic (exact) mass is 242 g/mol. The second-order valence-corrected chi connectivity index (χ2v) is 5.67. The van der Waals surface area contributed by atoms with Crippen molar-refractivity contribution in [2.75, 3.05) is 32.8 Å². The van der Waals surface area contributed by atoms with Crippen LogP contribution in [-0.2, 0) is 0 Å². The summed E-state index contributed by atoms with van der Waals surface area (Å²) in [6, 6.07) is 0.459. The fourth-order valence-corrected chi connectivity index (χ4v) is 2.59. The summed E-state index contributed by atoms with van der Waals surface area (Å²) >= 11 is 0. The van der Waals surface area contributed by atoms with Gasteiger partial charge in [0.25, 0.3) is 0 Å². The van der Waals surface area contributed by atoms with Crippen LogP contribution in [0.1, 0.15) is 40.0 Å². The highest BCUT2D eigenvalue weighted by molar-refractivity contribution is 4.79. The lowest BCUT2D eigenvalue weighted by molar-refractivity contribution is 0.120. The first-order chi connectivity index (χ1) is 8.17. The lowest BCUT2D eigenvalue weighted by atomic mass is 9.88. The maximum absolute atomic E-state index is 9.10. The van der Waals surface area contributed by atoms with E-state index in [1.807, 2.05) is 0 Å². The van der Waals surface area contributed by atoms with Crippen LogP contribution in [0.25, 0.3) is 0 Å². The zero-order valence-corrected chi connectivity index (χ0v) is 11.8. The van der Waals surface area contributed by atoms with Crippen LogP contribution in [0, 0.1) is 11.8 Å². The molecule has 0 saturated carbocycles. The summed E-state index contributed by atoms with van der Waals surface area (Å²) in [4.78, 5) is 2.56. The van der Waals surface area contributed by atoms with Crippen molar-refractivity contribution in [3.63, 3.8) is 0 Å². The van der Waals surface area contributed by atoms with E-state index in [0.717, 1.165) is 37.8 Å². The molecule has 1 aliphatic heterocycles. The number of piperidine rings is 1. The SMILES string of the molecule is CCCNC(CCO)CN1CCC(C)C(C)C1. The van der Waals surface area contributed by atoms with Crippen molar-refractivity contribution in [3.8, 4) is 0 Å². The molecule has 1 fully saturated rings. The Morgan fingerprint density at radius 1 is 1.35 bits per heavy atom. The number of likely N-dealkylation sites (tertiary alicyclic amines) is 1. The van der Waals surface area contributed by atoms with Crippen molar-refractivity contribution >= 4 is 0 Å². The first-order valence-electron chi connectivity index (χ1n) is 7.24. The molecule has 0 aromatic rings. The van der Waals surface area contributed by atoms with Gasteiger partial charge >= 0.3 is 0 Å².